The van der Waals surface area contributed by atoms with Crippen LogP contribution in [0, 0.1) is 0 Å². The van der Waals surface area contributed by atoms with Gasteiger partial charge in [-0.3, -0.25) is 9.69 Å². The van der Waals surface area contributed by atoms with Crippen LogP contribution in [0.5, 0.6) is 11.5 Å². The fraction of sp³-hybridized carbons (Fsp3) is 0.296. The van der Waals surface area contributed by atoms with E-state index in [-0.39, 0.29) is 5.91 Å². The highest BCUT2D eigenvalue weighted by Crippen LogP contribution is 2.25. The van der Waals surface area contributed by atoms with E-state index in [1.807, 2.05) is 30.5 Å². The number of rotatable bonds is 8. The molecule has 3 heterocycles. The minimum Gasteiger partial charge on any atom is -0.497 e. The topological polar surface area (TPSA) is 92.4 Å². The highest BCUT2D eigenvalue weighted by atomic mass is 16.5. The first kappa shape index (κ1) is 22.9. The van der Waals surface area contributed by atoms with E-state index in [4.69, 9.17) is 14.5 Å². The number of aryl methyl sites for hydroxylation is 2. The van der Waals surface area contributed by atoms with Gasteiger partial charge in [0.05, 0.1) is 32.7 Å². The molecule has 2 aromatic heterocycles. The molecule has 1 aliphatic rings. The molecule has 2 N–H and O–H groups in total. The molecule has 0 spiro atoms. The largest absolute Gasteiger partial charge is 0.497 e. The summed E-state index contributed by atoms with van der Waals surface area (Å²) in [6.45, 7) is 2.81. The van der Waals surface area contributed by atoms with E-state index in [9.17, 15) is 4.79 Å². The number of benzene rings is 2. The van der Waals surface area contributed by atoms with Crippen molar-refractivity contribution >= 4 is 17.1 Å². The van der Waals surface area contributed by atoms with Crippen molar-refractivity contribution in [3.63, 3.8) is 0 Å². The molecule has 0 unspecified atom stereocenters. The van der Waals surface area contributed by atoms with Crippen LogP contribution in [-0.2, 0) is 24.2 Å². The number of hydrogen-bond donors (Lipinski definition) is 2. The Labute approximate surface area is 204 Å². The van der Waals surface area contributed by atoms with Crippen molar-refractivity contribution in [1.82, 2.24) is 25.2 Å². The molecule has 0 bridgehead atoms. The van der Waals surface area contributed by atoms with Gasteiger partial charge < -0.3 is 19.8 Å². The normalized spacial score (nSPS) is 14.2. The average molecular weight is 472 g/mol. The number of nitrogens with zero attached hydrogens (tertiary/aromatic N) is 3. The lowest BCUT2D eigenvalue weighted by Gasteiger charge is -2.26. The van der Waals surface area contributed by atoms with Crippen LogP contribution in [-0.4, -0.2) is 59.6 Å². The van der Waals surface area contributed by atoms with E-state index >= 15 is 0 Å². The molecule has 4 aromatic rings. The number of amides is 1. The maximum atomic E-state index is 11.6. The van der Waals surface area contributed by atoms with Crippen LogP contribution in [0.4, 0.5) is 0 Å². The Balaban J connectivity index is 1.27. The van der Waals surface area contributed by atoms with E-state index in [0.717, 1.165) is 71.1 Å². The smallest absolute Gasteiger partial charge is 0.234 e. The SMILES string of the molecule is COc1cc(CCc2cnc3[nH]c(-c4ccc(CN5CCNC(=O)C5)cc4)cc3n2)cc(OC)c1. The van der Waals surface area contributed by atoms with Crippen molar-refractivity contribution in [3.05, 3.63) is 71.5 Å². The van der Waals surface area contributed by atoms with Crippen LogP contribution in [0.1, 0.15) is 16.8 Å². The average Bonchev–Trinajstić information content (AvgIpc) is 3.31. The van der Waals surface area contributed by atoms with Gasteiger partial charge >= 0.3 is 0 Å². The Hall–Kier alpha value is -3.91. The predicted octanol–water partition coefficient (Wildman–Crippen LogP) is 3.36. The number of hydrogen-bond acceptors (Lipinski definition) is 6. The van der Waals surface area contributed by atoms with Crippen LogP contribution < -0.4 is 14.8 Å². The fourth-order valence-corrected chi connectivity index (χ4v) is 4.37. The molecule has 5 rings (SSSR count). The molecule has 0 saturated carbocycles. The maximum Gasteiger partial charge on any atom is 0.234 e. The molecule has 35 heavy (non-hydrogen) atoms. The highest BCUT2D eigenvalue weighted by Gasteiger charge is 2.16. The summed E-state index contributed by atoms with van der Waals surface area (Å²) in [5.74, 6) is 1.65. The first-order chi connectivity index (χ1) is 17.1. The van der Waals surface area contributed by atoms with Gasteiger partial charge in [0.1, 0.15) is 17.0 Å². The Bertz CT molecular complexity index is 1310. The molecule has 0 atom stereocenters. The number of piperazine rings is 1. The van der Waals surface area contributed by atoms with Crippen LogP contribution in [0.3, 0.4) is 0 Å². The number of aromatic nitrogens is 3. The second-order valence-corrected chi connectivity index (χ2v) is 8.76. The van der Waals surface area contributed by atoms with Crippen LogP contribution >= 0.6 is 0 Å². The zero-order valence-electron chi connectivity index (χ0n) is 20.0. The number of carbonyl (C=O) groups excluding carboxylic acids is 1. The summed E-state index contributed by atoms with van der Waals surface area (Å²) < 4.78 is 10.7. The standard InChI is InChI=1S/C27H29N5O3/c1-34-22-11-19(12-23(13-22)35-2)5-8-21-15-29-27-25(30-21)14-24(31-27)20-6-3-18(4-7-20)16-32-10-9-28-26(33)17-32/h3-4,6-7,11-15H,5,8-10,16-17H2,1-2H3,(H,28,33)(H,29,31). The summed E-state index contributed by atoms with van der Waals surface area (Å²) in [4.78, 5) is 26.6. The zero-order chi connectivity index (χ0) is 24.2. The van der Waals surface area contributed by atoms with Crippen LogP contribution in [0.15, 0.2) is 54.7 Å². The third-order valence-electron chi connectivity index (χ3n) is 6.25. The van der Waals surface area contributed by atoms with E-state index in [1.165, 1.54) is 5.56 Å². The lowest BCUT2D eigenvalue weighted by Crippen LogP contribution is -2.47. The maximum absolute atomic E-state index is 11.6. The monoisotopic (exact) mass is 471 g/mol. The summed E-state index contributed by atoms with van der Waals surface area (Å²) >= 11 is 0. The Morgan fingerprint density at radius 1 is 0.971 bits per heavy atom. The van der Waals surface area contributed by atoms with E-state index in [2.05, 4.69) is 44.5 Å². The first-order valence-corrected chi connectivity index (χ1v) is 11.7. The molecule has 8 heteroatoms. The zero-order valence-corrected chi connectivity index (χ0v) is 20.0. The molecule has 1 aliphatic heterocycles. The number of ether oxygens (including phenoxy) is 2. The third kappa shape index (κ3) is 5.44. The molecule has 1 saturated heterocycles. The van der Waals surface area contributed by atoms with E-state index in [1.54, 1.807) is 14.2 Å². The quantitative estimate of drug-likeness (QED) is 0.409. The molecule has 0 radical (unpaired) electrons. The van der Waals surface area contributed by atoms with Gasteiger partial charge in [-0.2, -0.15) is 0 Å². The summed E-state index contributed by atoms with van der Waals surface area (Å²) in [5, 5.41) is 2.86. The number of methoxy groups -OCH3 is 2. The van der Waals surface area contributed by atoms with Crippen molar-refractivity contribution in [2.45, 2.75) is 19.4 Å². The van der Waals surface area contributed by atoms with Gasteiger partial charge in [0.15, 0.2) is 5.65 Å². The minimum atomic E-state index is 0.0912. The lowest BCUT2D eigenvalue weighted by molar-refractivity contribution is -0.124. The number of fused-ring (bicyclic) bond motifs is 1. The van der Waals surface area contributed by atoms with Crippen molar-refractivity contribution < 1.29 is 14.3 Å². The lowest BCUT2D eigenvalue weighted by atomic mass is 10.1. The van der Waals surface area contributed by atoms with Gasteiger partial charge in [-0.1, -0.05) is 24.3 Å². The van der Waals surface area contributed by atoms with Crippen molar-refractivity contribution in [2.24, 2.45) is 0 Å². The van der Waals surface area contributed by atoms with Gasteiger partial charge in [0, 0.05) is 31.4 Å². The molecule has 1 amide bonds. The number of H-pyrrole nitrogens is 1. The Kier molecular flexibility index (Phi) is 6.63. The van der Waals surface area contributed by atoms with Crippen molar-refractivity contribution in [2.75, 3.05) is 33.9 Å². The number of nitrogens with one attached hydrogen (secondary N) is 2. The van der Waals surface area contributed by atoms with Crippen molar-refractivity contribution in [1.29, 1.82) is 0 Å². The molecule has 1 fully saturated rings. The highest BCUT2D eigenvalue weighted by molar-refractivity contribution is 5.80. The Morgan fingerprint density at radius 2 is 1.74 bits per heavy atom. The molecule has 0 aliphatic carbocycles. The van der Waals surface area contributed by atoms with Crippen LogP contribution in [0.25, 0.3) is 22.4 Å². The number of aromatic amines is 1. The molecule has 2 aromatic carbocycles. The van der Waals surface area contributed by atoms with Gasteiger partial charge in [-0.25, -0.2) is 9.97 Å². The predicted molar refractivity (Wildman–Crippen MR) is 135 cm³/mol. The molecule has 180 valence electrons. The molecular formula is C27H29N5O3. The van der Waals surface area contributed by atoms with Gasteiger partial charge in [0.2, 0.25) is 5.91 Å². The summed E-state index contributed by atoms with van der Waals surface area (Å²) in [5.41, 5.74) is 6.94. The fourth-order valence-electron chi connectivity index (χ4n) is 4.37. The summed E-state index contributed by atoms with van der Waals surface area (Å²) in [6.07, 6.45) is 3.41. The van der Waals surface area contributed by atoms with Crippen LogP contribution in [0.2, 0.25) is 0 Å². The second kappa shape index (κ2) is 10.1. The van der Waals surface area contributed by atoms with E-state index in [0.29, 0.717) is 13.1 Å². The van der Waals surface area contributed by atoms with E-state index < -0.39 is 0 Å². The van der Waals surface area contributed by atoms with Gasteiger partial charge in [-0.15, -0.1) is 0 Å². The number of carbonyl (C=O) groups is 1. The first-order valence-electron chi connectivity index (χ1n) is 11.7. The minimum absolute atomic E-state index is 0.0912. The van der Waals surface area contributed by atoms with Gasteiger partial charge in [-0.05, 0) is 47.7 Å². The Morgan fingerprint density at radius 3 is 2.46 bits per heavy atom. The summed E-state index contributed by atoms with van der Waals surface area (Å²) in [6, 6.07) is 16.4. The molecule has 8 nitrogen and oxygen atoms in total. The van der Waals surface area contributed by atoms with Gasteiger partial charge in [0.25, 0.3) is 0 Å². The second-order valence-electron chi connectivity index (χ2n) is 8.76. The third-order valence-corrected chi connectivity index (χ3v) is 6.25. The molecular weight excluding hydrogens is 442 g/mol. The summed E-state index contributed by atoms with van der Waals surface area (Å²) in [7, 11) is 3.31. The van der Waals surface area contributed by atoms with Crippen molar-refractivity contribution in [3.8, 4) is 22.8 Å².